The molecule has 0 unspecified atom stereocenters. The minimum absolute atomic E-state index is 0. The zero-order chi connectivity index (χ0) is 17.9. The van der Waals surface area contributed by atoms with Crippen LogP contribution in [0, 0.1) is 11.8 Å². The highest BCUT2D eigenvalue weighted by Gasteiger charge is 2.46. The molecule has 0 radical (unpaired) electrons. The van der Waals surface area contributed by atoms with E-state index in [9.17, 15) is 4.79 Å². The highest BCUT2D eigenvalue weighted by molar-refractivity contribution is 5.85. The molecule has 2 fully saturated rings. The minimum Gasteiger partial charge on any atom is -0.497 e. The number of nitrogens with zero attached hydrogens (tertiary/aromatic N) is 4. The summed E-state index contributed by atoms with van der Waals surface area (Å²) in [4.78, 5) is 19.0. The second-order valence-corrected chi connectivity index (χ2v) is 7.11. The number of nitrogens with one attached hydrogen (secondary N) is 1. The summed E-state index contributed by atoms with van der Waals surface area (Å²) in [5.74, 6) is 2.11. The number of aryl methyl sites for hydroxylation is 1. The van der Waals surface area contributed by atoms with Crippen molar-refractivity contribution in [2.75, 3.05) is 26.7 Å². The van der Waals surface area contributed by atoms with Gasteiger partial charge in [-0.1, -0.05) is 12.1 Å². The Morgan fingerprint density at radius 2 is 2.11 bits per heavy atom. The normalized spacial score (nSPS) is 23.7. The molecule has 1 N–H and O–H groups in total. The van der Waals surface area contributed by atoms with Crippen molar-refractivity contribution in [3.8, 4) is 5.75 Å². The number of hydrogen-bond acceptors (Lipinski definition) is 5. The van der Waals surface area contributed by atoms with E-state index in [1.54, 1.807) is 18.1 Å². The first-order valence-electron chi connectivity index (χ1n) is 9.23. The van der Waals surface area contributed by atoms with Crippen LogP contribution in [-0.4, -0.2) is 52.3 Å². The van der Waals surface area contributed by atoms with Crippen molar-refractivity contribution < 1.29 is 9.53 Å². The molecule has 0 spiro atoms. The predicted octanol–water partition coefficient (Wildman–Crippen LogP) is 1.91. The second-order valence-electron chi connectivity index (χ2n) is 7.11. The van der Waals surface area contributed by atoms with Gasteiger partial charge in [0.2, 0.25) is 5.91 Å². The number of carbonyl (C=O) groups is 1. The Balaban J connectivity index is 0.00000210. The number of hydrogen-bond donors (Lipinski definition) is 1. The highest BCUT2D eigenvalue weighted by atomic mass is 35.5. The van der Waals surface area contributed by atoms with Gasteiger partial charge < -0.3 is 15.0 Å². The average molecular weight is 392 g/mol. The van der Waals surface area contributed by atoms with Gasteiger partial charge in [-0.25, -0.2) is 4.98 Å². The summed E-state index contributed by atoms with van der Waals surface area (Å²) >= 11 is 0. The number of methoxy groups -OCH3 is 1. The summed E-state index contributed by atoms with van der Waals surface area (Å²) in [6, 6.07) is 8.32. The predicted molar refractivity (Wildman–Crippen MR) is 104 cm³/mol. The molecule has 0 saturated carbocycles. The van der Waals surface area contributed by atoms with Crippen LogP contribution in [0.2, 0.25) is 0 Å². The Morgan fingerprint density at radius 3 is 2.81 bits per heavy atom. The number of likely N-dealkylation sites (tertiary alicyclic amines) is 1. The summed E-state index contributed by atoms with van der Waals surface area (Å²) < 4.78 is 7.05. The van der Waals surface area contributed by atoms with E-state index in [1.165, 1.54) is 11.9 Å². The maximum Gasteiger partial charge on any atom is 0.223 e. The smallest absolute Gasteiger partial charge is 0.223 e. The molecule has 1 aromatic heterocycles. The van der Waals surface area contributed by atoms with Crippen LogP contribution in [-0.2, 0) is 11.3 Å². The molecule has 2 saturated heterocycles. The summed E-state index contributed by atoms with van der Waals surface area (Å²) in [5, 5.41) is 7.58. The van der Waals surface area contributed by atoms with Gasteiger partial charge in [0, 0.05) is 38.5 Å². The number of ether oxygens (including phenoxy) is 1. The average Bonchev–Trinajstić information content (AvgIpc) is 3.39. The lowest BCUT2D eigenvalue weighted by Crippen LogP contribution is -2.34. The number of carbonyl (C=O) groups excluding carboxylic acids is 1. The van der Waals surface area contributed by atoms with E-state index >= 15 is 0 Å². The molecule has 0 bridgehead atoms. The fourth-order valence-corrected chi connectivity index (χ4v) is 4.29. The SMILES string of the molecule is COc1ccc([C@H]2[C@H]3CNC[C@H]3CN2C(=O)CCCn2cncn2)cc1.Cl. The topological polar surface area (TPSA) is 72.3 Å². The van der Waals surface area contributed by atoms with E-state index in [0.29, 0.717) is 18.3 Å². The molecule has 1 aromatic carbocycles. The number of halogens is 1. The van der Waals surface area contributed by atoms with Crippen molar-refractivity contribution in [2.24, 2.45) is 11.8 Å². The van der Waals surface area contributed by atoms with Crippen LogP contribution >= 0.6 is 12.4 Å². The number of amides is 1. The third kappa shape index (κ3) is 4.09. The molecule has 2 aliphatic heterocycles. The van der Waals surface area contributed by atoms with Crippen LogP contribution in [0.3, 0.4) is 0 Å². The van der Waals surface area contributed by atoms with Gasteiger partial charge in [0.25, 0.3) is 0 Å². The summed E-state index contributed by atoms with van der Waals surface area (Å²) in [5.41, 5.74) is 1.20. The third-order valence-electron chi connectivity index (χ3n) is 5.59. The van der Waals surface area contributed by atoms with Crippen LogP contribution in [0.4, 0.5) is 0 Å². The number of benzene rings is 1. The first-order chi connectivity index (χ1) is 12.8. The van der Waals surface area contributed by atoms with Gasteiger partial charge in [0.1, 0.15) is 18.4 Å². The van der Waals surface area contributed by atoms with Crippen molar-refractivity contribution in [3.63, 3.8) is 0 Å². The quantitative estimate of drug-likeness (QED) is 0.814. The lowest BCUT2D eigenvalue weighted by atomic mass is 9.89. The van der Waals surface area contributed by atoms with Crippen LogP contribution in [0.1, 0.15) is 24.4 Å². The van der Waals surface area contributed by atoms with Gasteiger partial charge in [-0.2, -0.15) is 5.10 Å². The van der Waals surface area contributed by atoms with Crippen molar-refractivity contribution >= 4 is 18.3 Å². The van der Waals surface area contributed by atoms with Crippen LogP contribution in [0.5, 0.6) is 5.75 Å². The van der Waals surface area contributed by atoms with Crippen molar-refractivity contribution in [3.05, 3.63) is 42.5 Å². The number of rotatable bonds is 6. The molecule has 3 heterocycles. The number of aromatic nitrogens is 3. The fourth-order valence-electron chi connectivity index (χ4n) is 4.29. The standard InChI is InChI=1S/C19H25N5O2.ClH/c1-26-16-6-4-14(5-7-16)19-17-10-20-9-15(17)11-24(19)18(25)3-2-8-23-13-21-12-22-23;/h4-7,12-13,15,17,19-20H,2-3,8-11H2,1H3;1H/t15-,17-,19-;/m0./s1. The van der Waals surface area contributed by atoms with Gasteiger partial charge in [0.05, 0.1) is 13.2 Å². The molecule has 8 heteroatoms. The first-order valence-corrected chi connectivity index (χ1v) is 9.23. The Bertz CT molecular complexity index is 737. The van der Waals surface area contributed by atoms with Crippen LogP contribution < -0.4 is 10.1 Å². The first kappa shape index (κ1) is 19.6. The van der Waals surface area contributed by atoms with E-state index in [0.717, 1.165) is 38.3 Å². The van der Waals surface area contributed by atoms with Crippen molar-refractivity contribution in [1.82, 2.24) is 25.0 Å². The van der Waals surface area contributed by atoms with Gasteiger partial charge >= 0.3 is 0 Å². The van der Waals surface area contributed by atoms with Gasteiger partial charge in [-0.15, -0.1) is 12.4 Å². The number of fused-ring (bicyclic) bond motifs is 1. The van der Waals surface area contributed by atoms with E-state index in [-0.39, 0.29) is 24.4 Å². The lowest BCUT2D eigenvalue weighted by molar-refractivity contribution is -0.132. The minimum atomic E-state index is 0. The fraction of sp³-hybridized carbons (Fsp3) is 0.526. The molecule has 0 aliphatic carbocycles. The molecular formula is C19H26ClN5O2. The highest BCUT2D eigenvalue weighted by Crippen LogP contribution is 2.43. The molecular weight excluding hydrogens is 366 g/mol. The maximum atomic E-state index is 12.9. The Hall–Kier alpha value is -2.12. The largest absolute Gasteiger partial charge is 0.497 e. The van der Waals surface area contributed by atoms with Crippen molar-refractivity contribution in [1.29, 1.82) is 0 Å². The lowest BCUT2D eigenvalue weighted by Gasteiger charge is -2.28. The molecule has 2 aromatic rings. The Kier molecular flexibility index (Phi) is 6.34. The molecule has 27 heavy (non-hydrogen) atoms. The molecule has 7 nitrogen and oxygen atoms in total. The van der Waals surface area contributed by atoms with E-state index in [1.807, 2.05) is 12.1 Å². The van der Waals surface area contributed by atoms with Gasteiger partial charge in [-0.3, -0.25) is 9.48 Å². The summed E-state index contributed by atoms with van der Waals surface area (Å²) in [6.45, 7) is 3.54. The monoisotopic (exact) mass is 391 g/mol. The molecule has 2 aliphatic rings. The second kappa shape index (κ2) is 8.71. The molecule has 1 amide bonds. The third-order valence-corrected chi connectivity index (χ3v) is 5.59. The Labute approximate surface area is 165 Å². The molecule has 4 rings (SSSR count). The van der Waals surface area contributed by atoms with E-state index in [4.69, 9.17) is 4.74 Å². The summed E-state index contributed by atoms with van der Waals surface area (Å²) in [7, 11) is 1.67. The zero-order valence-corrected chi connectivity index (χ0v) is 16.3. The zero-order valence-electron chi connectivity index (χ0n) is 15.5. The van der Waals surface area contributed by atoms with Gasteiger partial charge in [0.15, 0.2) is 0 Å². The molecule has 3 atom stereocenters. The van der Waals surface area contributed by atoms with E-state index in [2.05, 4.69) is 32.4 Å². The molecule has 146 valence electrons. The summed E-state index contributed by atoms with van der Waals surface area (Å²) in [6.07, 6.45) is 4.54. The maximum absolute atomic E-state index is 12.9. The van der Waals surface area contributed by atoms with Crippen LogP contribution in [0.15, 0.2) is 36.9 Å². The van der Waals surface area contributed by atoms with Crippen LogP contribution in [0.25, 0.3) is 0 Å². The van der Waals surface area contributed by atoms with Gasteiger partial charge in [-0.05, 0) is 30.0 Å². The van der Waals surface area contributed by atoms with Crippen molar-refractivity contribution in [2.45, 2.75) is 25.4 Å². The Morgan fingerprint density at radius 1 is 1.30 bits per heavy atom. The van der Waals surface area contributed by atoms with E-state index < -0.39 is 0 Å².